The Balaban J connectivity index is 2.21. The lowest BCUT2D eigenvalue weighted by molar-refractivity contribution is -0.126. The molecule has 3 N–H and O–H groups in total. The van der Waals surface area contributed by atoms with Gasteiger partial charge in [0.1, 0.15) is 6.04 Å². The van der Waals surface area contributed by atoms with E-state index in [2.05, 4.69) is 5.32 Å². The summed E-state index contributed by atoms with van der Waals surface area (Å²) in [6, 6.07) is 7.09. The molecule has 1 atom stereocenters. The summed E-state index contributed by atoms with van der Waals surface area (Å²) >= 11 is 5.97. The second kappa shape index (κ2) is 7.25. The van der Waals surface area contributed by atoms with Gasteiger partial charge in [0.15, 0.2) is 0 Å². The van der Waals surface area contributed by atoms with Gasteiger partial charge in [-0.2, -0.15) is 0 Å². The third-order valence-corrected chi connectivity index (χ3v) is 4.40. The van der Waals surface area contributed by atoms with Crippen molar-refractivity contribution >= 4 is 17.5 Å². The van der Waals surface area contributed by atoms with Crippen molar-refractivity contribution in [2.24, 2.45) is 5.73 Å². The number of nitrogens with one attached hydrogen (secondary N) is 1. The number of benzene rings is 1. The van der Waals surface area contributed by atoms with Crippen molar-refractivity contribution in [2.45, 2.75) is 43.7 Å². The Labute approximate surface area is 131 Å². The standard InChI is InChI=1S/C16H23ClN2O2/c1-21-11-14(18)15(20)19-16(9-3-2-4-10-16)12-5-7-13(17)8-6-12/h5-8,14H,2-4,9-11,18H2,1H3,(H,19,20). The Bertz CT molecular complexity index is 470. The van der Waals surface area contributed by atoms with Crippen LogP contribution in [0.15, 0.2) is 24.3 Å². The van der Waals surface area contributed by atoms with E-state index in [4.69, 9.17) is 22.1 Å². The molecule has 2 rings (SSSR count). The molecule has 1 fully saturated rings. The Hall–Kier alpha value is -1.10. The molecule has 116 valence electrons. The zero-order valence-electron chi connectivity index (χ0n) is 12.4. The Kier molecular flexibility index (Phi) is 5.62. The van der Waals surface area contributed by atoms with Gasteiger partial charge in [-0.05, 0) is 30.5 Å². The summed E-state index contributed by atoms with van der Waals surface area (Å²) in [5.41, 5.74) is 6.62. The van der Waals surface area contributed by atoms with Crippen molar-refractivity contribution in [2.75, 3.05) is 13.7 Å². The summed E-state index contributed by atoms with van der Waals surface area (Å²) in [4.78, 5) is 12.3. The van der Waals surface area contributed by atoms with E-state index < -0.39 is 6.04 Å². The molecular formula is C16H23ClN2O2. The molecule has 0 spiro atoms. The average Bonchev–Trinajstić information content (AvgIpc) is 2.49. The van der Waals surface area contributed by atoms with Crippen LogP contribution in [0.3, 0.4) is 0 Å². The number of halogens is 1. The second-order valence-electron chi connectivity index (χ2n) is 5.70. The maximum absolute atomic E-state index is 12.3. The van der Waals surface area contributed by atoms with Gasteiger partial charge in [-0.15, -0.1) is 0 Å². The lowest BCUT2D eigenvalue weighted by Gasteiger charge is -2.39. The number of hydrogen-bond donors (Lipinski definition) is 2. The van der Waals surface area contributed by atoms with Crippen LogP contribution in [0.25, 0.3) is 0 Å². The van der Waals surface area contributed by atoms with Crippen LogP contribution in [-0.4, -0.2) is 25.7 Å². The maximum atomic E-state index is 12.3. The summed E-state index contributed by atoms with van der Waals surface area (Å²) in [6.07, 6.45) is 5.26. The van der Waals surface area contributed by atoms with Gasteiger partial charge in [0.2, 0.25) is 5.91 Å². The number of hydrogen-bond acceptors (Lipinski definition) is 3. The fourth-order valence-electron chi connectivity index (χ4n) is 2.99. The van der Waals surface area contributed by atoms with Crippen LogP contribution in [0.4, 0.5) is 0 Å². The molecule has 0 aliphatic heterocycles. The first-order chi connectivity index (χ1) is 10.1. The summed E-state index contributed by atoms with van der Waals surface area (Å²) in [7, 11) is 1.54. The lowest BCUT2D eigenvalue weighted by atomic mass is 9.76. The first-order valence-electron chi connectivity index (χ1n) is 7.40. The van der Waals surface area contributed by atoms with E-state index in [0.29, 0.717) is 5.02 Å². The predicted molar refractivity (Wildman–Crippen MR) is 84.2 cm³/mol. The Morgan fingerprint density at radius 1 is 1.33 bits per heavy atom. The van der Waals surface area contributed by atoms with Crippen molar-refractivity contribution in [1.82, 2.24) is 5.32 Å². The van der Waals surface area contributed by atoms with E-state index in [0.717, 1.165) is 31.2 Å². The normalized spacial score (nSPS) is 19.0. The number of rotatable bonds is 5. The second-order valence-corrected chi connectivity index (χ2v) is 6.14. The minimum absolute atomic E-state index is 0.159. The van der Waals surface area contributed by atoms with Crippen LogP contribution in [0.1, 0.15) is 37.7 Å². The quantitative estimate of drug-likeness (QED) is 0.878. The Morgan fingerprint density at radius 3 is 2.52 bits per heavy atom. The minimum atomic E-state index is -0.638. The van der Waals surface area contributed by atoms with Crippen LogP contribution in [-0.2, 0) is 15.1 Å². The lowest BCUT2D eigenvalue weighted by Crippen LogP contribution is -2.53. The highest BCUT2D eigenvalue weighted by Gasteiger charge is 2.36. The fourth-order valence-corrected chi connectivity index (χ4v) is 3.12. The topological polar surface area (TPSA) is 64.3 Å². The number of carbonyl (C=O) groups is 1. The molecular weight excluding hydrogens is 288 g/mol. The monoisotopic (exact) mass is 310 g/mol. The van der Waals surface area contributed by atoms with Crippen LogP contribution in [0, 0.1) is 0 Å². The van der Waals surface area contributed by atoms with E-state index in [1.807, 2.05) is 24.3 Å². The average molecular weight is 311 g/mol. The van der Waals surface area contributed by atoms with Crippen molar-refractivity contribution in [1.29, 1.82) is 0 Å². The van der Waals surface area contributed by atoms with Gasteiger partial charge in [0.05, 0.1) is 12.1 Å². The summed E-state index contributed by atoms with van der Waals surface area (Å²) in [5, 5.41) is 3.87. The van der Waals surface area contributed by atoms with Crippen molar-refractivity contribution in [3.05, 3.63) is 34.9 Å². The van der Waals surface area contributed by atoms with Gasteiger partial charge in [-0.25, -0.2) is 0 Å². The third-order valence-electron chi connectivity index (χ3n) is 4.15. The van der Waals surface area contributed by atoms with Crippen LogP contribution < -0.4 is 11.1 Å². The highest BCUT2D eigenvalue weighted by molar-refractivity contribution is 6.30. The van der Waals surface area contributed by atoms with Crippen LogP contribution >= 0.6 is 11.6 Å². The molecule has 0 aromatic heterocycles. The van der Waals surface area contributed by atoms with Crippen molar-refractivity contribution in [3.63, 3.8) is 0 Å². The molecule has 0 radical (unpaired) electrons. The molecule has 21 heavy (non-hydrogen) atoms. The van der Waals surface area contributed by atoms with E-state index >= 15 is 0 Å². The Morgan fingerprint density at radius 2 is 1.95 bits per heavy atom. The van der Waals surface area contributed by atoms with Gasteiger partial charge in [-0.3, -0.25) is 4.79 Å². The molecule has 0 saturated heterocycles. The highest BCUT2D eigenvalue weighted by atomic mass is 35.5. The molecule has 0 bridgehead atoms. The molecule has 1 aromatic carbocycles. The van der Waals surface area contributed by atoms with Crippen LogP contribution in [0.5, 0.6) is 0 Å². The zero-order chi connectivity index (χ0) is 15.3. The molecule has 1 aliphatic carbocycles. The predicted octanol–water partition coefficient (Wildman–Crippen LogP) is 2.59. The number of methoxy groups -OCH3 is 1. The molecule has 1 saturated carbocycles. The van der Waals surface area contributed by atoms with Gasteiger partial charge >= 0.3 is 0 Å². The van der Waals surface area contributed by atoms with Gasteiger partial charge in [0, 0.05) is 12.1 Å². The smallest absolute Gasteiger partial charge is 0.239 e. The summed E-state index contributed by atoms with van der Waals surface area (Å²) in [6.45, 7) is 0.225. The molecule has 5 heteroatoms. The molecule has 1 unspecified atom stereocenters. The van der Waals surface area contributed by atoms with E-state index in [9.17, 15) is 4.79 Å². The van der Waals surface area contributed by atoms with Gasteiger partial charge in [-0.1, -0.05) is 43.0 Å². The van der Waals surface area contributed by atoms with Crippen molar-refractivity contribution in [3.8, 4) is 0 Å². The number of carbonyl (C=O) groups excluding carboxylic acids is 1. The van der Waals surface area contributed by atoms with Crippen molar-refractivity contribution < 1.29 is 9.53 Å². The zero-order valence-corrected chi connectivity index (χ0v) is 13.2. The molecule has 1 aliphatic rings. The molecule has 1 aromatic rings. The summed E-state index contributed by atoms with van der Waals surface area (Å²) in [5.74, 6) is -0.159. The first-order valence-corrected chi connectivity index (χ1v) is 7.78. The highest BCUT2D eigenvalue weighted by Crippen LogP contribution is 2.37. The first kappa shape index (κ1) is 16.3. The third kappa shape index (κ3) is 3.96. The SMILES string of the molecule is COCC(N)C(=O)NC1(c2ccc(Cl)cc2)CCCCC1. The number of ether oxygens (including phenoxy) is 1. The van der Waals surface area contributed by atoms with E-state index in [1.165, 1.54) is 6.42 Å². The van der Waals surface area contributed by atoms with Crippen LogP contribution in [0.2, 0.25) is 5.02 Å². The molecule has 4 nitrogen and oxygen atoms in total. The summed E-state index contributed by atoms with van der Waals surface area (Å²) < 4.78 is 4.97. The molecule has 0 heterocycles. The largest absolute Gasteiger partial charge is 0.383 e. The number of amides is 1. The van der Waals surface area contributed by atoms with Gasteiger partial charge in [0.25, 0.3) is 0 Å². The minimum Gasteiger partial charge on any atom is -0.383 e. The van der Waals surface area contributed by atoms with E-state index in [-0.39, 0.29) is 18.1 Å². The fraction of sp³-hybridized carbons (Fsp3) is 0.562. The maximum Gasteiger partial charge on any atom is 0.239 e. The van der Waals surface area contributed by atoms with Gasteiger partial charge < -0.3 is 15.8 Å². The molecule has 1 amide bonds. The number of nitrogens with two attached hydrogens (primary N) is 1. The van der Waals surface area contributed by atoms with E-state index in [1.54, 1.807) is 7.11 Å².